The van der Waals surface area contributed by atoms with Crippen LogP contribution >= 0.6 is 11.6 Å². The Balaban J connectivity index is 1.35. The van der Waals surface area contributed by atoms with Gasteiger partial charge in [0.25, 0.3) is 0 Å². The van der Waals surface area contributed by atoms with Crippen LogP contribution in [0.4, 0.5) is 23.7 Å². The second kappa shape index (κ2) is 9.90. The number of carbonyl (C=O) groups is 1. The molecule has 1 aliphatic carbocycles. The number of anilines is 1. The first kappa shape index (κ1) is 24.3. The summed E-state index contributed by atoms with van der Waals surface area (Å²) in [6, 6.07) is 15.6. The first-order valence-electron chi connectivity index (χ1n) is 11.0. The number of azo groups is 1. The van der Waals surface area contributed by atoms with Crippen molar-refractivity contribution in [2.75, 3.05) is 5.32 Å². The Morgan fingerprint density at radius 2 is 1.89 bits per heavy atom. The van der Waals surface area contributed by atoms with Crippen LogP contribution in [0.25, 0.3) is 28.9 Å². The van der Waals surface area contributed by atoms with Crippen molar-refractivity contribution in [2.24, 2.45) is 10.2 Å². The molecule has 7 nitrogen and oxygen atoms in total. The van der Waals surface area contributed by atoms with E-state index in [1.54, 1.807) is 35.2 Å². The zero-order valence-electron chi connectivity index (χ0n) is 18.9. The average Bonchev–Trinajstić information content (AvgIpc) is 3.29. The van der Waals surface area contributed by atoms with Gasteiger partial charge in [-0.2, -0.15) is 5.11 Å². The van der Waals surface area contributed by atoms with Crippen LogP contribution in [0.2, 0.25) is 5.02 Å². The summed E-state index contributed by atoms with van der Waals surface area (Å²) in [6.45, 7) is 0. The number of alkyl halides is 3. The lowest BCUT2D eigenvalue weighted by Crippen LogP contribution is -2.28. The Morgan fingerprint density at radius 1 is 1.11 bits per heavy atom. The summed E-state index contributed by atoms with van der Waals surface area (Å²) in [7, 11) is 0. The normalized spacial score (nSPS) is 14.3. The van der Waals surface area contributed by atoms with E-state index in [1.807, 2.05) is 24.3 Å². The molecule has 5 rings (SSSR count). The Morgan fingerprint density at radius 3 is 2.65 bits per heavy atom. The number of para-hydroxylation sites is 1. The quantitative estimate of drug-likeness (QED) is 0.328. The van der Waals surface area contributed by atoms with Crippen LogP contribution in [0, 0.1) is 0 Å². The zero-order chi connectivity index (χ0) is 26.0. The maximum absolute atomic E-state index is 12.4. The van der Waals surface area contributed by atoms with E-state index in [2.05, 4.69) is 25.3 Å². The molecule has 1 N–H and O–H groups in total. The van der Waals surface area contributed by atoms with Gasteiger partial charge in [-0.15, -0.1) is 13.2 Å². The number of nitrogens with zero attached hydrogens (tertiary/aromatic N) is 4. The lowest BCUT2D eigenvalue weighted by atomic mass is 10.0. The number of carbonyl (C=O) groups excluding carboxylic acids is 1. The minimum atomic E-state index is -4.74. The lowest BCUT2D eigenvalue weighted by molar-refractivity contribution is -0.274. The fourth-order valence-corrected chi connectivity index (χ4v) is 4.08. The van der Waals surface area contributed by atoms with E-state index in [9.17, 15) is 18.0 Å². The Hall–Kier alpha value is -4.44. The van der Waals surface area contributed by atoms with Gasteiger partial charge in [-0.25, -0.2) is 9.78 Å². The van der Waals surface area contributed by atoms with Gasteiger partial charge in [-0.3, -0.25) is 4.57 Å². The number of benzene rings is 3. The van der Waals surface area contributed by atoms with Crippen molar-refractivity contribution in [3.63, 3.8) is 0 Å². The van der Waals surface area contributed by atoms with Gasteiger partial charge in [0.05, 0.1) is 27.9 Å². The van der Waals surface area contributed by atoms with Crippen molar-refractivity contribution in [3.05, 3.63) is 94.2 Å². The smallest absolute Gasteiger partial charge is 0.406 e. The average molecular weight is 524 g/mol. The summed E-state index contributed by atoms with van der Waals surface area (Å²) in [4.78, 5) is 16.5. The zero-order valence-corrected chi connectivity index (χ0v) is 19.7. The van der Waals surface area contributed by atoms with E-state index in [4.69, 9.17) is 11.6 Å². The van der Waals surface area contributed by atoms with Gasteiger partial charge in [-0.1, -0.05) is 41.0 Å². The summed E-state index contributed by atoms with van der Waals surface area (Å²) in [6.07, 6.45) is 2.87. The molecule has 2 amide bonds. The molecule has 0 fully saturated rings. The molecular formula is C26H17ClF3N5O2. The Kier molecular flexibility index (Phi) is 6.49. The van der Waals surface area contributed by atoms with Crippen LogP contribution in [-0.2, 0) is 0 Å². The molecule has 0 saturated carbocycles. The van der Waals surface area contributed by atoms with E-state index >= 15 is 0 Å². The van der Waals surface area contributed by atoms with Crippen molar-refractivity contribution < 1.29 is 22.7 Å². The molecule has 186 valence electrons. The maximum atomic E-state index is 12.4. The number of halogens is 4. The molecule has 1 aromatic heterocycles. The summed E-state index contributed by atoms with van der Waals surface area (Å²) < 4.78 is 43.0. The molecule has 0 unspecified atom stereocenters. The SMILES string of the molecule is O=C(/N=N\C=C1\C=c2ccc3c(ncn3-c3ccc(OC(F)(F)F)cc3)c2=CC1)Nc1ccccc1Cl. The highest BCUT2D eigenvalue weighted by Gasteiger charge is 2.31. The largest absolute Gasteiger partial charge is 0.573 e. The first-order valence-corrected chi connectivity index (χ1v) is 11.3. The molecule has 37 heavy (non-hydrogen) atoms. The van der Waals surface area contributed by atoms with Gasteiger partial charge in [0.1, 0.15) is 12.1 Å². The number of ether oxygens (including phenoxy) is 1. The number of hydrogen-bond donors (Lipinski definition) is 1. The lowest BCUT2D eigenvalue weighted by Gasteiger charge is -2.10. The third-order valence-electron chi connectivity index (χ3n) is 5.51. The van der Waals surface area contributed by atoms with Crippen LogP contribution in [0.15, 0.2) is 89.0 Å². The predicted molar refractivity (Wildman–Crippen MR) is 134 cm³/mol. The second-order valence-electron chi connectivity index (χ2n) is 7.97. The Labute approximate surface area is 212 Å². The molecule has 11 heteroatoms. The summed E-state index contributed by atoms with van der Waals surface area (Å²) in [5.74, 6) is -0.293. The van der Waals surface area contributed by atoms with Crippen LogP contribution in [0.3, 0.4) is 0 Å². The van der Waals surface area contributed by atoms with Gasteiger partial charge in [0.2, 0.25) is 0 Å². The topological polar surface area (TPSA) is 80.9 Å². The number of amides is 2. The third-order valence-corrected chi connectivity index (χ3v) is 5.84. The van der Waals surface area contributed by atoms with Gasteiger partial charge < -0.3 is 10.1 Å². The number of fused-ring (bicyclic) bond motifs is 3. The van der Waals surface area contributed by atoms with Crippen LogP contribution in [0.1, 0.15) is 6.42 Å². The molecule has 0 atom stereocenters. The molecule has 1 aliphatic rings. The number of aromatic nitrogens is 2. The van der Waals surface area contributed by atoms with Crippen LogP contribution in [-0.4, -0.2) is 21.9 Å². The van der Waals surface area contributed by atoms with Gasteiger partial charge in [-0.05, 0) is 65.8 Å². The number of imidazole rings is 1. The van der Waals surface area contributed by atoms with E-state index in [0.717, 1.165) is 27.0 Å². The fourth-order valence-electron chi connectivity index (χ4n) is 3.90. The van der Waals surface area contributed by atoms with Gasteiger partial charge in [0.15, 0.2) is 0 Å². The molecule has 0 radical (unpaired) electrons. The van der Waals surface area contributed by atoms with Crippen molar-refractivity contribution in [1.82, 2.24) is 9.55 Å². The highest BCUT2D eigenvalue weighted by molar-refractivity contribution is 6.33. The maximum Gasteiger partial charge on any atom is 0.573 e. The fraction of sp³-hybridized carbons (Fsp3) is 0.0769. The molecule has 1 heterocycles. The van der Waals surface area contributed by atoms with Crippen molar-refractivity contribution in [3.8, 4) is 11.4 Å². The molecule has 0 spiro atoms. The monoisotopic (exact) mass is 523 g/mol. The second-order valence-corrected chi connectivity index (χ2v) is 8.38. The number of allylic oxidation sites excluding steroid dienone is 1. The summed E-state index contributed by atoms with van der Waals surface area (Å²) in [5.41, 5.74) is 3.50. The molecule has 3 aromatic carbocycles. The molecular weight excluding hydrogens is 507 g/mol. The minimum Gasteiger partial charge on any atom is -0.406 e. The number of rotatable bonds is 4. The minimum absolute atomic E-state index is 0.293. The van der Waals surface area contributed by atoms with E-state index in [1.165, 1.54) is 30.5 Å². The van der Waals surface area contributed by atoms with Crippen molar-refractivity contribution in [1.29, 1.82) is 0 Å². The molecule has 0 saturated heterocycles. The van der Waals surface area contributed by atoms with Gasteiger partial charge >= 0.3 is 12.4 Å². The van der Waals surface area contributed by atoms with Crippen molar-refractivity contribution in [2.45, 2.75) is 12.8 Å². The van der Waals surface area contributed by atoms with Crippen LogP contribution in [0.5, 0.6) is 5.75 Å². The molecule has 0 aliphatic heterocycles. The highest BCUT2D eigenvalue weighted by atomic mass is 35.5. The number of hydrogen-bond acceptors (Lipinski definition) is 4. The predicted octanol–water partition coefficient (Wildman–Crippen LogP) is 6.11. The first-order chi connectivity index (χ1) is 17.8. The molecule has 4 aromatic rings. The summed E-state index contributed by atoms with van der Waals surface area (Å²) in [5, 5.41) is 12.3. The summed E-state index contributed by atoms with van der Waals surface area (Å²) >= 11 is 6.02. The van der Waals surface area contributed by atoms with Gasteiger partial charge in [0, 0.05) is 10.9 Å². The third kappa shape index (κ3) is 5.54. The van der Waals surface area contributed by atoms with E-state index < -0.39 is 12.4 Å². The van der Waals surface area contributed by atoms with E-state index in [-0.39, 0.29) is 5.75 Å². The Bertz CT molecular complexity index is 1680. The van der Waals surface area contributed by atoms with Crippen LogP contribution < -0.4 is 20.5 Å². The van der Waals surface area contributed by atoms with E-state index in [0.29, 0.717) is 22.8 Å². The molecule has 0 bridgehead atoms. The highest BCUT2D eigenvalue weighted by Crippen LogP contribution is 2.25. The number of nitrogens with one attached hydrogen (secondary N) is 1. The standard InChI is InChI=1S/C26H17ClF3N5O2/c27-21-3-1-2-4-22(21)33-25(36)34-32-14-16-5-11-20-17(13-16)6-12-23-24(20)31-15-35(23)18-7-9-19(10-8-18)37-26(28,29)30/h1-4,6-15H,5H2,(H,33,36)/b16-14+,34-32-. The van der Waals surface area contributed by atoms with Crippen molar-refractivity contribution >= 4 is 46.5 Å². The number of urea groups is 1.